The minimum Gasteiger partial charge on any atom is -0.460 e. The number of fused-ring (bicyclic) bond motifs is 1. The molecule has 0 bridgehead atoms. The molecular formula is C14H12O5. The van der Waals surface area contributed by atoms with Gasteiger partial charge < -0.3 is 18.6 Å². The second-order valence-corrected chi connectivity index (χ2v) is 3.95. The summed E-state index contributed by atoms with van der Waals surface area (Å²) in [5, 5.41) is 0. The second-order valence-electron chi connectivity index (χ2n) is 3.95. The van der Waals surface area contributed by atoms with Gasteiger partial charge in [-0.1, -0.05) is 0 Å². The lowest BCUT2D eigenvalue weighted by Gasteiger charge is -2.00. The molecule has 5 nitrogen and oxygen atoms in total. The Labute approximate surface area is 109 Å². The summed E-state index contributed by atoms with van der Waals surface area (Å²) in [6.45, 7) is 2.30. The van der Waals surface area contributed by atoms with Gasteiger partial charge in [0.25, 0.3) is 0 Å². The van der Waals surface area contributed by atoms with Gasteiger partial charge >= 0.3 is 5.97 Å². The first-order valence-corrected chi connectivity index (χ1v) is 5.95. The van der Waals surface area contributed by atoms with Crippen molar-refractivity contribution in [3.8, 4) is 22.8 Å². The van der Waals surface area contributed by atoms with Crippen LogP contribution in [0.5, 0.6) is 11.5 Å². The van der Waals surface area contributed by atoms with E-state index in [0.717, 1.165) is 5.56 Å². The Morgan fingerprint density at radius 3 is 2.89 bits per heavy atom. The van der Waals surface area contributed by atoms with Gasteiger partial charge in [0.2, 0.25) is 12.6 Å². The maximum Gasteiger partial charge on any atom is 0.374 e. The molecule has 2 heterocycles. The van der Waals surface area contributed by atoms with E-state index < -0.39 is 5.97 Å². The van der Waals surface area contributed by atoms with E-state index in [1.165, 1.54) is 0 Å². The SMILES string of the molecule is CCOC(=O)c1ccc(-c2ccc3c(c2)OCO3)o1. The van der Waals surface area contributed by atoms with Crippen molar-refractivity contribution in [2.75, 3.05) is 13.4 Å². The Morgan fingerprint density at radius 2 is 2.05 bits per heavy atom. The van der Waals surface area contributed by atoms with Gasteiger partial charge in [0.1, 0.15) is 5.76 Å². The van der Waals surface area contributed by atoms with Crippen molar-refractivity contribution < 1.29 is 23.4 Å². The van der Waals surface area contributed by atoms with Crippen molar-refractivity contribution in [2.45, 2.75) is 6.92 Å². The summed E-state index contributed by atoms with van der Waals surface area (Å²) in [7, 11) is 0. The van der Waals surface area contributed by atoms with Crippen LogP contribution in [0.2, 0.25) is 0 Å². The maximum absolute atomic E-state index is 11.5. The maximum atomic E-state index is 11.5. The first-order valence-electron chi connectivity index (χ1n) is 5.95. The summed E-state index contributed by atoms with van der Waals surface area (Å²) >= 11 is 0. The lowest BCUT2D eigenvalue weighted by molar-refractivity contribution is 0.0491. The van der Waals surface area contributed by atoms with Crippen molar-refractivity contribution in [3.63, 3.8) is 0 Å². The van der Waals surface area contributed by atoms with E-state index in [-0.39, 0.29) is 12.6 Å². The molecule has 0 radical (unpaired) electrons. The first kappa shape index (κ1) is 11.6. The van der Waals surface area contributed by atoms with Crippen LogP contribution in [0.1, 0.15) is 17.5 Å². The molecular weight excluding hydrogens is 248 g/mol. The molecule has 1 aromatic heterocycles. The molecule has 2 aromatic rings. The van der Waals surface area contributed by atoms with Crippen LogP contribution in [0.4, 0.5) is 0 Å². The highest BCUT2D eigenvalue weighted by molar-refractivity contribution is 5.87. The standard InChI is InChI=1S/C14H12O5/c1-2-16-14(15)12-6-5-10(19-12)9-3-4-11-13(7-9)18-8-17-11/h3-7H,2,8H2,1H3. The van der Waals surface area contributed by atoms with Gasteiger partial charge in [-0.3, -0.25) is 0 Å². The van der Waals surface area contributed by atoms with E-state index >= 15 is 0 Å². The molecule has 3 rings (SSSR count). The van der Waals surface area contributed by atoms with Crippen molar-refractivity contribution in [1.82, 2.24) is 0 Å². The average Bonchev–Trinajstić information content (AvgIpc) is 3.07. The molecule has 5 heteroatoms. The molecule has 19 heavy (non-hydrogen) atoms. The first-order chi connectivity index (χ1) is 9.28. The van der Waals surface area contributed by atoms with Gasteiger partial charge in [0, 0.05) is 5.56 Å². The largest absolute Gasteiger partial charge is 0.460 e. The van der Waals surface area contributed by atoms with E-state index in [0.29, 0.717) is 23.9 Å². The van der Waals surface area contributed by atoms with Gasteiger partial charge in [0.15, 0.2) is 11.5 Å². The molecule has 0 aliphatic carbocycles. The highest BCUT2D eigenvalue weighted by atomic mass is 16.7. The highest BCUT2D eigenvalue weighted by Gasteiger charge is 2.17. The van der Waals surface area contributed by atoms with Crippen LogP contribution >= 0.6 is 0 Å². The van der Waals surface area contributed by atoms with Gasteiger partial charge in [0.05, 0.1) is 6.61 Å². The van der Waals surface area contributed by atoms with E-state index in [1.807, 2.05) is 18.2 Å². The molecule has 1 aliphatic rings. The Kier molecular flexibility index (Phi) is 2.87. The molecule has 0 fully saturated rings. The molecule has 98 valence electrons. The Balaban J connectivity index is 1.88. The van der Waals surface area contributed by atoms with Crippen molar-refractivity contribution >= 4 is 5.97 Å². The van der Waals surface area contributed by atoms with Gasteiger partial charge in [-0.2, -0.15) is 0 Å². The van der Waals surface area contributed by atoms with Crippen LogP contribution in [0.3, 0.4) is 0 Å². The number of rotatable bonds is 3. The molecule has 0 N–H and O–H groups in total. The molecule has 0 atom stereocenters. The van der Waals surface area contributed by atoms with Crippen LogP contribution < -0.4 is 9.47 Å². The summed E-state index contributed by atoms with van der Waals surface area (Å²) in [5.74, 6) is 1.69. The fraction of sp³-hybridized carbons (Fsp3) is 0.214. The summed E-state index contributed by atoms with van der Waals surface area (Å²) < 4.78 is 20.9. The predicted molar refractivity (Wildman–Crippen MR) is 66.2 cm³/mol. The number of furan rings is 1. The van der Waals surface area contributed by atoms with Gasteiger partial charge in [-0.25, -0.2) is 4.79 Å². The predicted octanol–water partition coefficient (Wildman–Crippen LogP) is 2.85. The lowest BCUT2D eigenvalue weighted by atomic mass is 10.1. The number of carbonyl (C=O) groups excluding carboxylic acids is 1. The van der Waals surface area contributed by atoms with Gasteiger partial charge in [-0.05, 0) is 37.3 Å². The summed E-state index contributed by atoms with van der Waals surface area (Å²) in [4.78, 5) is 11.5. The normalized spacial score (nSPS) is 12.5. The van der Waals surface area contributed by atoms with E-state index in [2.05, 4.69) is 0 Å². The monoisotopic (exact) mass is 260 g/mol. The minimum absolute atomic E-state index is 0.189. The second kappa shape index (κ2) is 4.68. The average molecular weight is 260 g/mol. The summed E-state index contributed by atoms with van der Waals surface area (Å²) in [5.41, 5.74) is 0.819. The molecule has 0 spiro atoms. The smallest absolute Gasteiger partial charge is 0.374 e. The zero-order valence-electron chi connectivity index (χ0n) is 10.3. The third kappa shape index (κ3) is 2.14. The van der Waals surface area contributed by atoms with Crippen molar-refractivity contribution in [3.05, 3.63) is 36.1 Å². The molecule has 0 saturated carbocycles. The Hall–Kier alpha value is -2.43. The van der Waals surface area contributed by atoms with Crippen molar-refractivity contribution in [2.24, 2.45) is 0 Å². The van der Waals surface area contributed by atoms with Crippen molar-refractivity contribution in [1.29, 1.82) is 0 Å². The lowest BCUT2D eigenvalue weighted by Crippen LogP contribution is -2.02. The molecule has 1 aliphatic heterocycles. The Bertz CT molecular complexity index is 614. The molecule has 0 amide bonds. The highest BCUT2D eigenvalue weighted by Crippen LogP contribution is 2.36. The van der Waals surface area contributed by atoms with Crippen LogP contribution in [0.25, 0.3) is 11.3 Å². The zero-order valence-corrected chi connectivity index (χ0v) is 10.3. The van der Waals surface area contributed by atoms with E-state index in [9.17, 15) is 4.79 Å². The summed E-state index contributed by atoms with van der Waals surface area (Å²) in [6, 6.07) is 8.79. The molecule has 0 unspecified atom stereocenters. The number of benzene rings is 1. The van der Waals surface area contributed by atoms with Gasteiger partial charge in [-0.15, -0.1) is 0 Å². The molecule has 0 saturated heterocycles. The van der Waals surface area contributed by atoms with E-state index in [1.54, 1.807) is 19.1 Å². The zero-order chi connectivity index (χ0) is 13.2. The number of esters is 1. The van der Waals surface area contributed by atoms with Crippen LogP contribution in [-0.4, -0.2) is 19.4 Å². The molecule has 1 aromatic carbocycles. The topological polar surface area (TPSA) is 57.9 Å². The number of carbonyl (C=O) groups is 1. The fourth-order valence-corrected chi connectivity index (χ4v) is 1.85. The third-order valence-corrected chi connectivity index (χ3v) is 2.74. The fourth-order valence-electron chi connectivity index (χ4n) is 1.85. The van der Waals surface area contributed by atoms with E-state index in [4.69, 9.17) is 18.6 Å². The third-order valence-electron chi connectivity index (χ3n) is 2.74. The Morgan fingerprint density at radius 1 is 1.21 bits per heavy atom. The number of ether oxygens (including phenoxy) is 3. The minimum atomic E-state index is -0.463. The van der Waals surface area contributed by atoms with Crippen LogP contribution in [0.15, 0.2) is 34.7 Å². The quantitative estimate of drug-likeness (QED) is 0.794. The van der Waals surface area contributed by atoms with Crippen LogP contribution in [-0.2, 0) is 4.74 Å². The number of hydrogen-bond acceptors (Lipinski definition) is 5. The van der Waals surface area contributed by atoms with Crippen LogP contribution in [0, 0.1) is 0 Å². The summed E-state index contributed by atoms with van der Waals surface area (Å²) in [6.07, 6.45) is 0. The number of hydrogen-bond donors (Lipinski definition) is 0.